The van der Waals surface area contributed by atoms with Gasteiger partial charge < -0.3 is 4.79 Å². The van der Waals surface area contributed by atoms with Crippen molar-refractivity contribution >= 4 is 11.9 Å². The molecular weight excluding hydrogens is 220 g/mol. The van der Waals surface area contributed by atoms with Crippen molar-refractivity contribution in [1.82, 2.24) is 0 Å². The minimum atomic E-state index is 0.275. The number of unbranched alkanes of at least 4 members (excludes halogenated alkanes) is 1. The van der Waals surface area contributed by atoms with Crippen LogP contribution in [0.2, 0.25) is 0 Å². The third-order valence-corrected chi connectivity index (χ3v) is 3.00. The second-order valence-electron chi connectivity index (χ2n) is 4.75. The maximum absolute atomic E-state index is 10.8. The van der Waals surface area contributed by atoms with Crippen LogP contribution in [-0.2, 0) is 4.79 Å². The number of carbonyl (C=O) groups excluding carboxylic acids is 1. The summed E-state index contributed by atoms with van der Waals surface area (Å²) in [6, 6.07) is 10.3. The molecule has 0 aliphatic heterocycles. The number of hydrogen-bond acceptors (Lipinski definition) is 1. The van der Waals surface area contributed by atoms with Crippen LogP contribution >= 0.6 is 0 Å². The number of Topliss-reactive ketones (excluding diaryl/α,β-unsaturated/α-hetero) is 1. The molecule has 0 radical (unpaired) electrons. The van der Waals surface area contributed by atoms with Crippen LogP contribution in [-0.4, -0.2) is 5.78 Å². The number of carbonyl (C=O) groups is 1. The van der Waals surface area contributed by atoms with Crippen molar-refractivity contribution in [3.8, 4) is 0 Å². The topological polar surface area (TPSA) is 17.1 Å². The van der Waals surface area contributed by atoms with Gasteiger partial charge in [0.1, 0.15) is 5.78 Å². The van der Waals surface area contributed by atoms with Crippen molar-refractivity contribution in [2.45, 2.75) is 39.5 Å². The van der Waals surface area contributed by atoms with Crippen molar-refractivity contribution in [2.75, 3.05) is 0 Å². The molecule has 1 nitrogen and oxygen atoms in total. The van der Waals surface area contributed by atoms with E-state index in [1.54, 1.807) is 6.92 Å². The van der Waals surface area contributed by atoms with E-state index in [1.807, 2.05) is 18.2 Å². The normalized spacial score (nSPS) is 11.3. The Morgan fingerprint density at radius 1 is 1.11 bits per heavy atom. The first-order chi connectivity index (χ1) is 8.59. The Morgan fingerprint density at radius 2 is 1.72 bits per heavy atom. The average molecular weight is 242 g/mol. The number of allylic oxidation sites excluding steroid dienone is 2. The van der Waals surface area contributed by atoms with Crippen LogP contribution < -0.4 is 0 Å². The van der Waals surface area contributed by atoms with Gasteiger partial charge in [-0.05, 0) is 44.2 Å². The Hall–Kier alpha value is -1.63. The van der Waals surface area contributed by atoms with Crippen LogP contribution in [0, 0.1) is 0 Å². The van der Waals surface area contributed by atoms with Crippen LogP contribution in [0.3, 0.4) is 0 Å². The third kappa shape index (κ3) is 5.62. The summed E-state index contributed by atoms with van der Waals surface area (Å²) >= 11 is 0. The Bertz CT molecular complexity index is 426. The molecule has 1 heteroatoms. The summed E-state index contributed by atoms with van der Waals surface area (Å²) in [5, 5.41) is 0. The van der Waals surface area contributed by atoms with Crippen LogP contribution in [0.25, 0.3) is 6.08 Å². The summed E-state index contributed by atoms with van der Waals surface area (Å²) in [6.45, 7) is 7.86. The van der Waals surface area contributed by atoms with Gasteiger partial charge in [0.05, 0.1) is 0 Å². The lowest BCUT2D eigenvalue weighted by Crippen LogP contribution is -1.91. The van der Waals surface area contributed by atoms with Gasteiger partial charge in [-0.15, -0.1) is 0 Å². The SMILES string of the molecule is C=C(CCCCC(C)=O)/C(C)=C/c1ccccc1. The molecule has 0 saturated heterocycles. The minimum Gasteiger partial charge on any atom is -0.300 e. The molecule has 0 spiro atoms. The highest BCUT2D eigenvalue weighted by atomic mass is 16.1. The second-order valence-corrected chi connectivity index (χ2v) is 4.75. The molecule has 0 aliphatic rings. The predicted octanol–water partition coefficient (Wildman–Crippen LogP) is 4.80. The van der Waals surface area contributed by atoms with Crippen molar-refractivity contribution in [3.05, 3.63) is 53.6 Å². The van der Waals surface area contributed by atoms with E-state index in [0.29, 0.717) is 6.42 Å². The van der Waals surface area contributed by atoms with E-state index in [2.05, 4.69) is 31.7 Å². The highest BCUT2D eigenvalue weighted by molar-refractivity contribution is 5.75. The van der Waals surface area contributed by atoms with E-state index in [-0.39, 0.29) is 5.78 Å². The first kappa shape index (κ1) is 14.4. The molecule has 1 aromatic carbocycles. The standard InChI is InChI=1S/C17H22O/c1-14(9-7-8-10-16(3)18)15(2)13-17-11-5-4-6-12-17/h4-6,11-13H,1,7-10H2,2-3H3/b15-13+. The van der Waals surface area contributed by atoms with Crippen LogP contribution in [0.1, 0.15) is 45.1 Å². The lowest BCUT2D eigenvalue weighted by atomic mass is 10.00. The summed E-state index contributed by atoms with van der Waals surface area (Å²) in [5.74, 6) is 0.275. The quantitative estimate of drug-likeness (QED) is 0.496. The maximum Gasteiger partial charge on any atom is 0.129 e. The molecule has 18 heavy (non-hydrogen) atoms. The number of benzene rings is 1. The molecule has 0 aliphatic carbocycles. The lowest BCUT2D eigenvalue weighted by Gasteiger charge is -2.06. The second kappa shape index (κ2) is 7.65. The summed E-state index contributed by atoms with van der Waals surface area (Å²) in [7, 11) is 0. The highest BCUT2D eigenvalue weighted by Crippen LogP contribution is 2.18. The fraction of sp³-hybridized carbons (Fsp3) is 0.353. The Kier molecular flexibility index (Phi) is 6.13. The molecule has 0 aromatic heterocycles. The minimum absolute atomic E-state index is 0.275. The Balaban J connectivity index is 2.42. The van der Waals surface area contributed by atoms with Gasteiger partial charge in [0.15, 0.2) is 0 Å². The van der Waals surface area contributed by atoms with Crippen LogP contribution in [0.15, 0.2) is 48.1 Å². The molecule has 0 bridgehead atoms. The molecule has 96 valence electrons. The fourth-order valence-corrected chi connectivity index (χ4v) is 1.81. The van der Waals surface area contributed by atoms with E-state index < -0.39 is 0 Å². The molecular formula is C17H22O. The zero-order valence-electron chi connectivity index (χ0n) is 11.4. The summed E-state index contributed by atoms with van der Waals surface area (Å²) in [4.78, 5) is 10.8. The predicted molar refractivity (Wildman–Crippen MR) is 78.4 cm³/mol. The van der Waals surface area contributed by atoms with Crippen molar-refractivity contribution < 1.29 is 4.79 Å². The highest BCUT2D eigenvalue weighted by Gasteiger charge is 1.99. The van der Waals surface area contributed by atoms with E-state index in [4.69, 9.17) is 0 Å². The van der Waals surface area contributed by atoms with Gasteiger partial charge in [0, 0.05) is 6.42 Å². The molecule has 0 saturated carbocycles. The first-order valence-electron chi connectivity index (χ1n) is 6.50. The van der Waals surface area contributed by atoms with Gasteiger partial charge in [0.2, 0.25) is 0 Å². The monoisotopic (exact) mass is 242 g/mol. The molecule has 0 unspecified atom stereocenters. The van der Waals surface area contributed by atoms with E-state index in [0.717, 1.165) is 19.3 Å². The maximum atomic E-state index is 10.8. The van der Waals surface area contributed by atoms with Gasteiger partial charge in [-0.25, -0.2) is 0 Å². The van der Waals surface area contributed by atoms with E-state index >= 15 is 0 Å². The molecule has 0 N–H and O–H groups in total. The molecule has 0 heterocycles. The van der Waals surface area contributed by atoms with E-state index in [1.165, 1.54) is 16.7 Å². The Morgan fingerprint density at radius 3 is 2.33 bits per heavy atom. The summed E-state index contributed by atoms with van der Waals surface area (Å²) in [6.07, 6.45) is 5.83. The van der Waals surface area contributed by atoms with E-state index in [9.17, 15) is 4.79 Å². The number of rotatable bonds is 7. The summed E-state index contributed by atoms with van der Waals surface area (Å²) in [5.41, 5.74) is 3.60. The first-order valence-corrected chi connectivity index (χ1v) is 6.50. The fourth-order valence-electron chi connectivity index (χ4n) is 1.81. The van der Waals surface area contributed by atoms with Gasteiger partial charge in [-0.3, -0.25) is 0 Å². The van der Waals surface area contributed by atoms with Gasteiger partial charge in [-0.1, -0.05) is 48.6 Å². The zero-order valence-corrected chi connectivity index (χ0v) is 11.4. The number of ketones is 1. The smallest absolute Gasteiger partial charge is 0.129 e. The van der Waals surface area contributed by atoms with Crippen molar-refractivity contribution in [1.29, 1.82) is 0 Å². The third-order valence-electron chi connectivity index (χ3n) is 3.00. The van der Waals surface area contributed by atoms with Crippen molar-refractivity contribution in [2.24, 2.45) is 0 Å². The van der Waals surface area contributed by atoms with Crippen LogP contribution in [0.5, 0.6) is 0 Å². The largest absolute Gasteiger partial charge is 0.300 e. The van der Waals surface area contributed by atoms with Gasteiger partial charge in [0.25, 0.3) is 0 Å². The van der Waals surface area contributed by atoms with Crippen molar-refractivity contribution in [3.63, 3.8) is 0 Å². The molecule has 0 amide bonds. The zero-order chi connectivity index (χ0) is 13.4. The van der Waals surface area contributed by atoms with Gasteiger partial charge in [-0.2, -0.15) is 0 Å². The average Bonchev–Trinajstić information content (AvgIpc) is 2.35. The molecule has 1 aromatic rings. The number of hydrogen-bond donors (Lipinski definition) is 0. The Labute approximate surface area is 110 Å². The summed E-state index contributed by atoms with van der Waals surface area (Å²) < 4.78 is 0. The molecule has 1 rings (SSSR count). The molecule has 0 fully saturated rings. The van der Waals surface area contributed by atoms with Crippen LogP contribution in [0.4, 0.5) is 0 Å². The van der Waals surface area contributed by atoms with Gasteiger partial charge >= 0.3 is 0 Å². The molecule has 0 atom stereocenters. The lowest BCUT2D eigenvalue weighted by molar-refractivity contribution is -0.117.